The molecule has 2 aromatic rings. The summed E-state index contributed by atoms with van der Waals surface area (Å²) in [6.07, 6.45) is 0.870. The number of hydrogen-bond donors (Lipinski definition) is 1. The SMILES string of the molecule is CC[C@H](NC(=O)c1ccccc1SC(C)C)c1ccc(C)cc1C. The van der Waals surface area contributed by atoms with Crippen LogP contribution in [0.2, 0.25) is 0 Å². The van der Waals surface area contributed by atoms with Gasteiger partial charge in [-0.15, -0.1) is 11.8 Å². The Kier molecular flexibility index (Phi) is 6.50. The van der Waals surface area contributed by atoms with E-state index in [9.17, 15) is 4.79 Å². The third-order valence-electron chi connectivity index (χ3n) is 4.01. The van der Waals surface area contributed by atoms with Gasteiger partial charge in [-0.1, -0.05) is 56.7 Å². The van der Waals surface area contributed by atoms with Crippen molar-refractivity contribution < 1.29 is 4.79 Å². The highest BCUT2D eigenvalue weighted by molar-refractivity contribution is 8.00. The van der Waals surface area contributed by atoms with Crippen molar-refractivity contribution in [1.29, 1.82) is 0 Å². The number of rotatable bonds is 6. The highest BCUT2D eigenvalue weighted by Gasteiger charge is 2.18. The fraction of sp³-hybridized carbons (Fsp3) is 0.381. The van der Waals surface area contributed by atoms with E-state index in [0.717, 1.165) is 16.9 Å². The van der Waals surface area contributed by atoms with E-state index in [1.807, 2.05) is 24.3 Å². The molecular formula is C21H27NOS. The van der Waals surface area contributed by atoms with Crippen LogP contribution in [0.3, 0.4) is 0 Å². The van der Waals surface area contributed by atoms with E-state index in [4.69, 9.17) is 0 Å². The minimum absolute atomic E-state index is 0.00516. The first-order chi connectivity index (χ1) is 11.4. The molecule has 0 spiro atoms. The van der Waals surface area contributed by atoms with Crippen molar-refractivity contribution in [3.63, 3.8) is 0 Å². The van der Waals surface area contributed by atoms with Crippen molar-refractivity contribution >= 4 is 17.7 Å². The molecule has 0 bridgehead atoms. The van der Waals surface area contributed by atoms with E-state index < -0.39 is 0 Å². The first kappa shape index (κ1) is 18.6. The van der Waals surface area contributed by atoms with Crippen LogP contribution in [0, 0.1) is 13.8 Å². The van der Waals surface area contributed by atoms with Crippen molar-refractivity contribution in [1.82, 2.24) is 5.32 Å². The van der Waals surface area contributed by atoms with Gasteiger partial charge in [-0.25, -0.2) is 0 Å². The molecular weight excluding hydrogens is 314 g/mol. The van der Waals surface area contributed by atoms with E-state index in [2.05, 4.69) is 58.1 Å². The van der Waals surface area contributed by atoms with Gasteiger partial charge in [0, 0.05) is 10.1 Å². The molecule has 0 fully saturated rings. The van der Waals surface area contributed by atoms with Crippen LogP contribution in [0.15, 0.2) is 47.4 Å². The number of hydrogen-bond acceptors (Lipinski definition) is 2. The number of amides is 1. The normalized spacial score (nSPS) is 12.2. The molecule has 2 rings (SSSR count). The molecule has 1 N–H and O–H groups in total. The largest absolute Gasteiger partial charge is 0.345 e. The Morgan fingerprint density at radius 1 is 1.12 bits per heavy atom. The smallest absolute Gasteiger partial charge is 0.252 e. The minimum Gasteiger partial charge on any atom is -0.345 e. The van der Waals surface area contributed by atoms with E-state index in [-0.39, 0.29) is 11.9 Å². The van der Waals surface area contributed by atoms with E-state index in [1.165, 1.54) is 16.7 Å². The van der Waals surface area contributed by atoms with Crippen molar-refractivity contribution in [3.05, 3.63) is 64.7 Å². The Hall–Kier alpha value is -1.74. The third kappa shape index (κ3) is 4.64. The molecule has 0 aliphatic carbocycles. The van der Waals surface area contributed by atoms with Crippen LogP contribution in [-0.4, -0.2) is 11.2 Å². The highest BCUT2D eigenvalue weighted by Crippen LogP contribution is 2.28. The second kappa shape index (κ2) is 8.39. The van der Waals surface area contributed by atoms with Crippen molar-refractivity contribution in [2.45, 2.75) is 57.2 Å². The molecule has 128 valence electrons. The van der Waals surface area contributed by atoms with Crippen LogP contribution in [0.5, 0.6) is 0 Å². The molecule has 0 saturated carbocycles. The maximum Gasteiger partial charge on any atom is 0.252 e. The number of carbonyl (C=O) groups excluding carboxylic acids is 1. The molecule has 0 unspecified atom stereocenters. The average molecular weight is 342 g/mol. The summed E-state index contributed by atoms with van der Waals surface area (Å²) in [7, 11) is 0. The summed E-state index contributed by atoms with van der Waals surface area (Å²) >= 11 is 1.73. The fourth-order valence-corrected chi connectivity index (χ4v) is 3.82. The van der Waals surface area contributed by atoms with Gasteiger partial charge in [0.2, 0.25) is 0 Å². The molecule has 0 aromatic heterocycles. The molecule has 2 aromatic carbocycles. The standard InChI is InChI=1S/C21H27NOS/c1-6-19(17-12-11-15(4)13-16(17)5)22-21(23)18-9-7-8-10-20(18)24-14(2)3/h7-14,19H,6H2,1-5H3,(H,22,23)/t19-/m0/s1. The summed E-state index contributed by atoms with van der Waals surface area (Å²) in [4.78, 5) is 13.9. The average Bonchev–Trinajstić information content (AvgIpc) is 2.53. The Morgan fingerprint density at radius 2 is 1.83 bits per heavy atom. The number of nitrogens with one attached hydrogen (secondary N) is 1. The van der Waals surface area contributed by atoms with E-state index in [1.54, 1.807) is 11.8 Å². The van der Waals surface area contributed by atoms with E-state index in [0.29, 0.717) is 5.25 Å². The van der Waals surface area contributed by atoms with Crippen LogP contribution < -0.4 is 5.32 Å². The predicted molar refractivity (Wildman–Crippen MR) is 104 cm³/mol. The van der Waals surface area contributed by atoms with Gasteiger partial charge in [-0.05, 0) is 43.5 Å². The van der Waals surface area contributed by atoms with Gasteiger partial charge in [0.05, 0.1) is 11.6 Å². The minimum atomic E-state index is 0.00516. The molecule has 2 nitrogen and oxygen atoms in total. The van der Waals surface area contributed by atoms with Crippen LogP contribution in [-0.2, 0) is 0 Å². The van der Waals surface area contributed by atoms with Crippen molar-refractivity contribution in [2.75, 3.05) is 0 Å². The molecule has 0 aliphatic heterocycles. The quantitative estimate of drug-likeness (QED) is 0.684. The second-order valence-corrected chi connectivity index (χ2v) is 8.08. The van der Waals surface area contributed by atoms with Crippen molar-refractivity contribution in [3.8, 4) is 0 Å². The topological polar surface area (TPSA) is 29.1 Å². The number of aryl methyl sites for hydroxylation is 2. The van der Waals surface area contributed by atoms with Gasteiger partial charge in [0.25, 0.3) is 5.91 Å². The zero-order valence-electron chi connectivity index (χ0n) is 15.2. The third-order valence-corrected chi connectivity index (χ3v) is 5.09. The highest BCUT2D eigenvalue weighted by atomic mass is 32.2. The van der Waals surface area contributed by atoms with Crippen LogP contribution in [0.25, 0.3) is 0 Å². The summed E-state index contributed by atoms with van der Waals surface area (Å²) in [5.74, 6) is 0.00516. The molecule has 0 aliphatic rings. The zero-order valence-corrected chi connectivity index (χ0v) is 16.0. The molecule has 3 heteroatoms. The van der Waals surface area contributed by atoms with Crippen molar-refractivity contribution in [2.24, 2.45) is 0 Å². The lowest BCUT2D eigenvalue weighted by atomic mass is 9.97. The molecule has 0 saturated heterocycles. The first-order valence-electron chi connectivity index (χ1n) is 8.56. The Balaban J connectivity index is 2.24. The van der Waals surface area contributed by atoms with Gasteiger partial charge in [0.15, 0.2) is 0 Å². The van der Waals surface area contributed by atoms with Gasteiger partial charge in [-0.3, -0.25) is 4.79 Å². The number of benzene rings is 2. The Labute approximate surface area is 150 Å². The fourth-order valence-electron chi connectivity index (χ4n) is 2.86. The Bertz CT molecular complexity index is 709. The zero-order chi connectivity index (χ0) is 17.7. The lowest BCUT2D eigenvalue weighted by Gasteiger charge is -2.21. The second-order valence-electron chi connectivity index (χ2n) is 6.46. The Morgan fingerprint density at radius 3 is 2.46 bits per heavy atom. The summed E-state index contributed by atoms with van der Waals surface area (Å²) < 4.78 is 0. The summed E-state index contributed by atoms with van der Waals surface area (Å²) in [5.41, 5.74) is 4.44. The van der Waals surface area contributed by atoms with Gasteiger partial charge < -0.3 is 5.32 Å². The van der Waals surface area contributed by atoms with E-state index >= 15 is 0 Å². The number of carbonyl (C=O) groups is 1. The first-order valence-corrected chi connectivity index (χ1v) is 9.44. The molecule has 0 radical (unpaired) electrons. The molecule has 1 amide bonds. The predicted octanol–water partition coefficient (Wildman–Crippen LogP) is 5.69. The van der Waals surface area contributed by atoms with Gasteiger partial charge in [-0.2, -0.15) is 0 Å². The lowest BCUT2D eigenvalue weighted by Crippen LogP contribution is -2.29. The summed E-state index contributed by atoms with van der Waals surface area (Å²) in [6.45, 7) is 10.6. The summed E-state index contributed by atoms with van der Waals surface area (Å²) in [5, 5.41) is 3.67. The van der Waals surface area contributed by atoms with Crippen LogP contribution in [0.4, 0.5) is 0 Å². The monoisotopic (exact) mass is 341 g/mol. The van der Waals surface area contributed by atoms with Crippen LogP contribution in [0.1, 0.15) is 60.3 Å². The van der Waals surface area contributed by atoms with Crippen LogP contribution >= 0.6 is 11.8 Å². The van der Waals surface area contributed by atoms with Gasteiger partial charge in [0.1, 0.15) is 0 Å². The maximum atomic E-state index is 12.8. The van der Waals surface area contributed by atoms with Gasteiger partial charge >= 0.3 is 0 Å². The summed E-state index contributed by atoms with van der Waals surface area (Å²) in [6, 6.07) is 14.3. The maximum absolute atomic E-state index is 12.8. The molecule has 1 atom stereocenters. The molecule has 0 heterocycles. The molecule has 24 heavy (non-hydrogen) atoms. The lowest BCUT2D eigenvalue weighted by molar-refractivity contribution is 0.0932. The number of thioether (sulfide) groups is 1.